The van der Waals surface area contributed by atoms with Gasteiger partial charge in [-0.25, -0.2) is 4.99 Å². The summed E-state index contributed by atoms with van der Waals surface area (Å²) < 4.78 is 52.0. The van der Waals surface area contributed by atoms with E-state index in [-0.39, 0.29) is 12.1 Å². The molecule has 0 aromatic heterocycles. The molecule has 1 amide bonds. The molecule has 1 saturated heterocycles. The highest BCUT2D eigenvalue weighted by molar-refractivity contribution is 6.04. The van der Waals surface area contributed by atoms with Crippen LogP contribution >= 0.6 is 0 Å². The van der Waals surface area contributed by atoms with Crippen LogP contribution in [0.2, 0.25) is 0 Å². The van der Waals surface area contributed by atoms with Crippen LogP contribution in [0.4, 0.5) is 18.9 Å². The summed E-state index contributed by atoms with van der Waals surface area (Å²) in [7, 11) is 1.58. The van der Waals surface area contributed by atoms with Crippen molar-refractivity contribution in [3.8, 4) is 17.2 Å². The lowest BCUT2D eigenvalue weighted by Crippen LogP contribution is -2.38. The van der Waals surface area contributed by atoms with Gasteiger partial charge in [0.2, 0.25) is 0 Å². The first kappa shape index (κ1) is 23.7. The quantitative estimate of drug-likeness (QED) is 0.455. The van der Waals surface area contributed by atoms with Gasteiger partial charge < -0.3 is 19.3 Å². The fraction of sp³-hybridized carbons (Fsp3) is 0.259. The number of para-hydroxylation sites is 2. The van der Waals surface area contributed by atoms with Gasteiger partial charge in [0, 0.05) is 32.2 Å². The molecule has 2 heterocycles. The normalized spacial score (nSPS) is 15.6. The number of rotatable bonds is 2. The van der Waals surface area contributed by atoms with E-state index in [1.165, 1.54) is 23.1 Å². The van der Waals surface area contributed by atoms with Gasteiger partial charge in [0.05, 0.1) is 23.8 Å². The van der Waals surface area contributed by atoms with Gasteiger partial charge in [-0.1, -0.05) is 24.3 Å². The maximum atomic E-state index is 13.5. The number of carbonyl (C=O) groups excluding carboxylic acids is 1. The molecule has 5 rings (SSSR count). The van der Waals surface area contributed by atoms with E-state index in [9.17, 15) is 18.0 Å². The maximum Gasteiger partial charge on any atom is 0.417 e. The van der Waals surface area contributed by atoms with Crippen LogP contribution in [0.15, 0.2) is 71.7 Å². The summed E-state index contributed by atoms with van der Waals surface area (Å²) in [6.45, 7) is 1.60. The van der Waals surface area contributed by atoms with Crippen molar-refractivity contribution in [3.05, 3.63) is 83.4 Å². The lowest BCUT2D eigenvalue weighted by molar-refractivity contribution is -0.138. The van der Waals surface area contributed by atoms with E-state index in [0.717, 1.165) is 11.6 Å². The number of ether oxygens (including phenoxy) is 2. The molecule has 186 valence electrons. The Balaban J connectivity index is 1.44. The van der Waals surface area contributed by atoms with Crippen LogP contribution in [0.5, 0.6) is 17.2 Å². The highest BCUT2D eigenvalue weighted by Crippen LogP contribution is 2.39. The van der Waals surface area contributed by atoms with Crippen LogP contribution in [-0.4, -0.2) is 54.8 Å². The average molecular weight is 496 g/mol. The lowest BCUT2D eigenvalue weighted by atomic mass is 10.1. The van der Waals surface area contributed by atoms with E-state index in [4.69, 9.17) is 14.5 Å². The zero-order valence-electron chi connectivity index (χ0n) is 19.6. The zero-order chi connectivity index (χ0) is 25.3. The smallest absolute Gasteiger partial charge is 0.417 e. The summed E-state index contributed by atoms with van der Waals surface area (Å²) in [5.74, 6) is 1.91. The van der Waals surface area contributed by atoms with Crippen LogP contribution in [0.1, 0.15) is 27.9 Å². The first-order valence-corrected chi connectivity index (χ1v) is 11.6. The van der Waals surface area contributed by atoms with E-state index in [1.54, 1.807) is 13.2 Å². The van der Waals surface area contributed by atoms with Crippen molar-refractivity contribution >= 4 is 17.4 Å². The van der Waals surface area contributed by atoms with E-state index >= 15 is 0 Å². The van der Waals surface area contributed by atoms with Crippen molar-refractivity contribution in [2.45, 2.75) is 12.6 Å². The van der Waals surface area contributed by atoms with Gasteiger partial charge in [-0.05, 0) is 42.8 Å². The van der Waals surface area contributed by atoms with Crippen LogP contribution in [0, 0.1) is 0 Å². The Kier molecular flexibility index (Phi) is 6.30. The predicted octanol–water partition coefficient (Wildman–Crippen LogP) is 5.75. The predicted molar refractivity (Wildman–Crippen MR) is 129 cm³/mol. The number of benzene rings is 3. The maximum absolute atomic E-state index is 13.5. The van der Waals surface area contributed by atoms with Crippen LogP contribution in [-0.2, 0) is 6.18 Å². The molecule has 0 radical (unpaired) electrons. The van der Waals surface area contributed by atoms with Gasteiger partial charge in [0.25, 0.3) is 5.91 Å². The fourth-order valence-corrected chi connectivity index (χ4v) is 4.49. The molecule has 2 aliphatic rings. The number of hydrogen-bond donors (Lipinski definition) is 0. The number of alkyl halides is 3. The minimum atomic E-state index is -4.60. The number of amidine groups is 1. The zero-order valence-corrected chi connectivity index (χ0v) is 19.6. The number of nitrogens with zero attached hydrogens (tertiary/aromatic N) is 3. The van der Waals surface area contributed by atoms with E-state index < -0.39 is 17.6 Å². The molecular formula is C27H24F3N3O3. The topological polar surface area (TPSA) is 54.4 Å². The summed E-state index contributed by atoms with van der Waals surface area (Å²) in [5, 5.41) is 0. The molecule has 6 nitrogen and oxygen atoms in total. The number of hydrogen-bond acceptors (Lipinski definition) is 5. The number of carbonyl (C=O) groups is 1. The molecule has 0 N–H and O–H groups in total. The molecule has 3 aromatic carbocycles. The standard InChI is InChI=1S/C27H24F3N3O3/c1-35-18-11-12-20-24(17-18)36-23-10-5-4-9-22(23)31-25(20)32-13-6-14-33(16-15-32)26(34)19-7-2-3-8-21(19)27(28,29)30/h2-5,7-12,17H,6,13-16H2,1H3. The highest BCUT2D eigenvalue weighted by Gasteiger charge is 2.36. The second kappa shape index (κ2) is 9.56. The largest absolute Gasteiger partial charge is 0.497 e. The molecule has 0 spiro atoms. The molecule has 2 aliphatic heterocycles. The molecule has 3 aromatic rings. The summed E-state index contributed by atoms with van der Waals surface area (Å²) in [6, 6.07) is 17.9. The van der Waals surface area contributed by atoms with E-state index in [2.05, 4.69) is 4.90 Å². The molecule has 36 heavy (non-hydrogen) atoms. The Bertz CT molecular complexity index is 1320. The third-order valence-electron chi connectivity index (χ3n) is 6.29. The fourth-order valence-electron chi connectivity index (χ4n) is 4.49. The third kappa shape index (κ3) is 4.60. The number of aliphatic imine (C=N–C) groups is 1. The third-order valence-corrected chi connectivity index (χ3v) is 6.29. The Morgan fingerprint density at radius 1 is 0.944 bits per heavy atom. The summed E-state index contributed by atoms with van der Waals surface area (Å²) >= 11 is 0. The molecule has 1 fully saturated rings. The summed E-state index contributed by atoms with van der Waals surface area (Å²) in [5.41, 5.74) is 0.194. The second-order valence-electron chi connectivity index (χ2n) is 8.54. The van der Waals surface area contributed by atoms with Crippen LogP contribution in [0.3, 0.4) is 0 Å². The lowest BCUT2D eigenvalue weighted by Gasteiger charge is -2.26. The summed E-state index contributed by atoms with van der Waals surface area (Å²) in [4.78, 5) is 21.6. The molecular weight excluding hydrogens is 471 g/mol. The van der Waals surface area contributed by atoms with Crippen LogP contribution < -0.4 is 9.47 Å². The molecule has 9 heteroatoms. The van der Waals surface area contributed by atoms with Crippen molar-refractivity contribution in [2.75, 3.05) is 33.3 Å². The highest BCUT2D eigenvalue weighted by atomic mass is 19.4. The van der Waals surface area contributed by atoms with Gasteiger partial charge in [-0.15, -0.1) is 0 Å². The molecule has 0 bridgehead atoms. The summed E-state index contributed by atoms with van der Waals surface area (Å²) in [6.07, 6.45) is -4.02. The number of amides is 1. The van der Waals surface area contributed by atoms with Crippen molar-refractivity contribution in [1.29, 1.82) is 0 Å². The molecule has 0 aliphatic carbocycles. The van der Waals surface area contributed by atoms with Gasteiger partial charge in [0.1, 0.15) is 23.0 Å². The average Bonchev–Trinajstić information content (AvgIpc) is 3.22. The Morgan fingerprint density at radius 2 is 1.72 bits per heavy atom. The van der Waals surface area contributed by atoms with Gasteiger partial charge >= 0.3 is 6.18 Å². The van der Waals surface area contributed by atoms with E-state index in [0.29, 0.717) is 54.8 Å². The van der Waals surface area contributed by atoms with Crippen molar-refractivity contribution < 1.29 is 27.4 Å². The number of methoxy groups -OCH3 is 1. The molecule has 0 unspecified atom stereocenters. The first-order valence-electron chi connectivity index (χ1n) is 11.6. The van der Waals surface area contributed by atoms with Gasteiger partial charge in [0.15, 0.2) is 5.75 Å². The first-order chi connectivity index (χ1) is 17.3. The molecule has 0 atom stereocenters. The SMILES string of the molecule is COc1ccc2c(c1)Oc1ccccc1N=C2N1CCCN(C(=O)c2ccccc2C(F)(F)F)CC1. The Morgan fingerprint density at radius 3 is 2.53 bits per heavy atom. The number of fused-ring (bicyclic) bond motifs is 2. The monoisotopic (exact) mass is 495 g/mol. The van der Waals surface area contributed by atoms with Gasteiger partial charge in [-0.3, -0.25) is 4.79 Å². The van der Waals surface area contributed by atoms with Crippen LogP contribution in [0.25, 0.3) is 0 Å². The Hall–Kier alpha value is -4.01. The van der Waals surface area contributed by atoms with Crippen molar-refractivity contribution in [2.24, 2.45) is 4.99 Å². The minimum absolute atomic E-state index is 0.262. The Labute approximate surface area is 206 Å². The second-order valence-corrected chi connectivity index (χ2v) is 8.54. The molecule has 0 saturated carbocycles. The van der Waals surface area contributed by atoms with E-state index in [1.807, 2.05) is 36.4 Å². The minimum Gasteiger partial charge on any atom is -0.497 e. The van der Waals surface area contributed by atoms with Crippen molar-refractivity contribution in [1.82, 2.24) is 9.80 Å². The van der Waals surface area contributed by atoms with Gasteiger partial charge in [-0.2, -0.15) is 13.2 Å². The van der Waals surface area contributed by atoms with Crippen molar-refractivity contribution in [3.63, 3.8) is 0 Å². The number of halogens is 3.